The van der Waals surface area contributed by atoms with Crippen LogP contribution in [0.3, 0.4) is 0 Å². The van der Waals surface area contributed by atoms with Gasteiger partial charge in [0.2, 0.25) is 15.9 Å². The molecule has 7 nitrogen and oxygen atoms in total. The number of nitrogens with one attached hydrogen (secondary N) is 1. The second kappa shape index (κ2) is 11.7. The smallest absolute Gasteiger partial charge is 0.240 e. The van der Waals surface area contributed by atoms with Crippen molar-refractivity contribution in [3.8, 4) is 0 Å². The molecule has 1 heterocycles. The lowest BCUT2D eigenvalue weighted by Gasteiger charge is -2.23. The zero-order chi connectivity index (χ0) is 25.5. The second-order valence-corrected chi connectivity index (χ2v) is 11.0. The summed E-state index contributed by atoms with van der Waals surface area (Å²) in [5, 5.41) is 9.89. The molecule has 8 heteroatoms. The van der Waals surface area contributed by atoms with E-state index < -0.39 is 10.0 Å². The first-order valence-electron chi connectivity index (χ1n) is 12.2. The van der Waals surface area contributed by atoms with Crippen LogP contribution in [0.5, 0.6) is 0 Å². The fourth-order valence-corrected chi connectivity index (χ4v) is 5.39. The summed E-state index contributed by atoms with van der Waals surface area (Å²) < 4.78 is 27.4. The Morgan fingerprint density at radius 3 is 2.36 bits per heavy atom. The molecule has 0 unspecified atom stereocenters. The second-order valence-electron chi connectivity index (χ2n) is 9.21. The van der Waals surface area contributed by atoms with E-state index in [9.17, 15) is 18.3 Å². The van der Waals surface area contributed by atoms with Crippen molar-refractivity contribution < 1.29 is 18.3 Å². The predicted molar refractivity (Wildman–Crippen MR) is 141 cm³/mol. The van der Waals surface area contributed by atoms with Crippen LogP contribution in [0.4, 0.5) is 5.69 Å². The molecule has 36 heavy (non-hydrogen) atoms. The summed E-state index contributed by atoms with van der Waals surface area (Å²) in [4.78, 5) is 17.0. The maximum atomic E-state index is 12.8. The molecule has 0 bridgehead atoms. The summed E-state index contributed by atoms with van der Waals surface area (Å²) in [6.45, 7) is 2.27. The third-order valence-corrected chi connectivity index (χ3v) is 7.95. The highest BCUT2D eigenvalue weighted by Gasteiger charge is 2.22. The maximum Gasteiger partial charge on any atom is 0.240 e. The predicted octanol–water partition coefficient (Wildman–Crippen LogP) is 2.98. The number of benzene rings is 3. The SMILES string of the molecule is CN(CCc1ccccc1N1CC[C@H](O)C1)C(=O)Cc1ccc(CNS(=O)(=O)c2ccccc2)cc1. The molecule has 0 aromatic heterocycles. The number of anilines is 1. The molecular weight excluding hydrogens is 474 g/mol. The number of carbonyl (C=O) groups is 1. The van der Waals surface area contributed by atoms with Crippen LogP contribution in [0.2, 0.25) is 0 Å². The molecule has 1 atom stereocenters. The van der Waals surface area contributed by atoms with Gasteiger partial charge in [0.15, 0.2) is 0 Å². The van der Waals surface area contributed by atoms with Crippen LogP contribution in [0, 0.1) is 0 Å². The zero-order valence-electron chi connectivity index (χ0n) is 20.5. The van der Waals surface area contributed by atoms with E-state index in [-0.39, 0.29) is 29.9 Å². The summed E-state index contributed by atoms with van der Waals surface area (Å²) in [5.41, 5.74) is 4.01. The van der Waals surface area contributed by atoms with Gasteiger partial charge in [-0.15, -0.1) is 0 Å². The Balaban J connectivity index is 1.28. The van der Waals surface area contributed by atoms with E-state index in [1.54, 1.807) is 35.2 Å². The van der Waals surface area contributed by atoms with Crippen LogP contribution >= 0.6 is 0 Å². The van der Waals surface area contributed by atoms with Crippen molar-refractivity contribution in [2.45, 2.75) is 36.8 Å². The number of hydrogen-bond donors (Lipinski definition) is 2. The zero-order valence-corrected chi connectivity index (χ0v) is 21.3. The third-order valence-electron chi connectivity index (χ3n) is 6.54. The number of rotatable bonds is 10. The van der Waals surface area contributed by atoms with Gasteiger partial charge in [-0.2, -0.15) is 0 Å². The van der Waals surface area contributed by atoms with E-state index in [1.165, 1.54) is 5.56 Å². The van der Waals surface area contributed by atoms with Gasteiger partial charge in [-0.3, -0.25) is 4.79 Å². The van der Waals surface area contributed by atoms with Crippen molar-refractivity contribution in [2.75, 3.05) is 31.6 Å². The Morgan fingerprint density at radius 1 is 1.00 bits per heavy atom. The minimum atomic E-state index is -3.57. The molecule has 1 saturated heterocycles. The van der Waals surface area contributed by atoms with Gasteiger partial charge >= 0.3 is 0 Å². The molecule has 0 spiro atoms. The van der Waals surface area contributed by atoms with Gasteiger partial charge in [-0.05, 0) is 47.7 Å². The molecule has 1 aliphatic rings. The first-order chi connectivity index (χ1) is 17.3. The van der Waals surface area contributed by atoms with Crippen LogP contribution in [-0.4, -0.2) is 57.1 Å². The van der Waals surface area contributed by atoms with Crippen LogP contribution in [0.25, 0.3) is 0 Å². The summed E-state index contributed by atoms with van der Waals surface area (Å²) in [7, 11) is -1.75. The fourth-order valence-electron chi connectivity index (χ4n) is 4.35. The van der Waals surface area contributed by atoms with Gasteiger partial charge in [-0.1, -0.05) is 60.7 Å². The van der Waals surface area contributed by atoms with Gasteiger partial charge in [-0.25, -0.2) is 13.1 Å². The number of amides is 1. The summed E-state index contributed by atoms with van der Waals surface area (Å²) >= 11 is 0. The molecule has 1 aliphatic heterocycles. The molecule has 1 amide bonds. The lowest BCUT2D eigenvalue weighted by atomic mass is 10.1. The highest BCUT2D eigenvalue weighted by Crippen LogP contribution is 2.25. The number of β-amino-alcohol motifs (C(OH)–C–C–N with tert-alkyl or cyclic N) is 1. The Bertz CT molecular complexity index is 1260. The highest BCUT2D eigenvalue weighted by molar-refractivity contribution is 7.89. The van der Waals surface area contributed by atoms with E-state index in [1.807, 2.05) is 43.4 Å². The van der Waals surface area contributed by atoms with E-state index in [0.717, 1.165) is 36.2 Å². The first-order valence-corrected chi connectivity index (χ1v) is 13.7. The lowest BCUT2D eigenvalue weighted by molar-refractivity contribution is -0.129. The highest BCUT2D eigenvalue weighted by atomic mass is 32.2. The average Bonchev–Trinajstić information content (AvgIpc) is 3.33. The molecular formula is C28H33N3O4S. The topological polar surface area (TPSA) is 89.9 Å². The van der Waals surface area contributed by atoms with Crippen molar-refractivity contribution in [1.82, 2.24) is 9.62 Å². The average molecular weight is 508 g/mol. The monoisotopic (exact) mass is 507 g/mol. The third kappa shape index (κ3) is 6.72. The number of sulfonamides is 1. The van der Waals surface area contributed by atoms with Gasteiger partial charge < -0.3 is 14.9 Å². The Labute approximate surface area is 213 Å². The van der Waals surface area contributed by atoms with Crippen LogP contribution < -0.4 is 9.62 Å². The lowest BCUT2D eigenvalue weighted by Crippen LogP contribution is -2.30. The normalized spacial score (nSPS) is 15.7. The van der Waals surface area contributed by atoms with E-state index in [4.69, 9.17) is 0 Å². The van der Waals surface area contributed by atoms with Crippen molar-refractivity contribution in [1.29, 1.82) is 0 Å². The Kier molecular flexibility index (Phi) is 8.40. The summed E-state index contributed by atoms with van der Waals surface area (Å²) in [6.07, 6.45) is 1.53. The van der Waals surface area contributed by atoms with E-state index >= 15 is 0 Å². The van der Waals surface area contributed by atoms with Gasteiger partial charge in [0.1, 0.15) is 0 Å². The van der Waals surface area contributed by atoms with E-state index in [0.29, 0.717) is 13.1 Å². The molecule has 2 N–H and O–H groups in total. The standard InChI is InChI=1S/C28H33N3O4S/c1-30(17-15-24-7-5-6-10-27(24)31-18-16-25(32)21-31)28(33)19-22-11-13-23(14-12-22)20-29-36(34,35)26-8-3-2-4-9-26/h2-14,25,29,32H,15-21H2,1H3/t25-/m0/s1. The van der Waals surface area contributed by atoms with Crippen molar-refractivity contribution in [3.63, 3.8) is 0 Å². The number of aliphatic hydroxyl groups excluding tert-OH is 1. The molecule has 3 aromatic carbocycles. The van der Waals surface area contributed by atoms with Crippen LogP contribution in [0.15, 0.2) is 83.8 Å². The fraction of sp³-hybridized carbons (Fsp3) is 0.321. The minimum absolute atomic E-state index is 0.0293. The van der Waals surface area contributed by atoms with Gasteiger partial charge in [0, 0.05) is 38.9 Å². The maximum absolute atomic E-state index is 12.8. The number of nitrogens with zero attached hydrogens (tertiary/aromatic N) is 2. The molecule has 0 aliphatic carbocycles. The largest absolute Gasteiger partial charge is 0.391 e. The first kappa shape index (κ1) is 25.9. The van der Waals surface area contributed by atoms with Crippen LogP contribution in [-0.2, 0) is 34.2 Å². The number of likely N-dealkylation sites (N-methyl/N-ethyl adjacent to an activating group) is 1. The molecule has 0 radical (unpaired) electrons. The molecule has 0 saturated carbocycles. The van der Waals surface area contributed by atoms with Crippen molar-refractivity contribution >= 4 is 21.6 Å². The number of para-hydroxylation sites is 1. The van der Waals surface area contributed by atoms with Crippen LogP contribution in [0.1, 0.15) is 23.1 Å². The van der Waals surface area contributed by atoms with Crippen molar-refractivity contribution in [3.05, 3.63) is 95.6 Å². The van der Waals surface area contributed by atoms with Gasteiger partial charge in [0.25, 0.3) is 0 Å². The number of carbonyl (C=O) groups excluding carboxylic acids is 1. The molecule has 4 rings (SSSR count). The molecule has 190 valence electrons. The van der Waals surface area contributed by atoms with E-state index in [2.05, 4.69) is 21.8 Å². The molecule has 3 aromatic rings. The number of hydrogen-bond acceptors (Lipinski definition) is 5. The van der Waals surface area contributed by atoms with Gasteiger partial charge in [0.05, 0.1) is 17.4 Å². The Hall–Kier alpha value is -3.20. The van der Waals surface area contributed by atoms with Crippen molar-refractivity contribution in [2.24, 2.45) is 0 Å². The minimum Gasteiger partial charge on any atom is -0.391 e. The Morgan fingerprint density at radius 2 is 1.67 bits per heavy atom. The summed E-state index contributed by atoms with van der Waals surface area (Å²) in [5.74, 6) is 0.0293. The number of aliphatic hydroxyl groups is 1. The summed E-state index contributed by atoms with van der Waals surface area (Å²) in [6, 6.07) is 23.9. The quantitative estimate of drug-likeness (QED) is 0.440. The molecule has 1 fully saturated rings.